The number of hydrogen-bond acceptors (Lipinski definition) is 2. The van der Waals surface area contributed by atoms with Crippen LogP contribution in [0.1, 0.15) is 159 Å². The van der Waals surface area contributed by atoms with Gasteiger partial charge in [-0.15, -0.1) is 0 Å². The molecule has 346 valence electrons. The third-order valence-electron chi connectivity index (χ3n) is 14.3. The molecule has 0 N–H and O–H groups in total. The van der Waals surface area contributed by atoms with Gasteiger partial charge in [-0.05, 0) is 174 Å². The minimum atomic E-state index is -0.0244. The van der Waals surface area contributed by atoms with Crippen molar-refractivity contribution in [1.82, 2.24) is 0 Å². The standard InChI is InChI=1S/C64H79NO/c1-17-25-52(40-58(59-39-48(59)18-2)44(6)51-30-32-55(41(3)36-51)56-33-31-53(37-42(56)4)64(13,14)15)57-35-34-54(43(5)38-60(66-16)47(9)63(10,11)12)46(8)62(57)65-61(50-28-23-20-24-29-50)45(7)49-26-21-19-22-27-49/h20-21,23-24,26-38,40,48,59H,7,17-19,22,25,39H2,1-6,8-16H3/b43-38+,52-40+,58-44-,60-47-,65-61?. The van der Waals surface area contributed by atoms with Crippen molar-refractivity contribution in [2.24, 2.45) is 22.2 Å². The fourth-order valence-electron chi connectivity index (χ4n) is 9.60. The number of benzene rings is 4. The molecule has 2 unspecified atom stereocenters. The predicted octanol–water partition coefficient (Wildman–Crippen LogP) is 18.6. The van der Waals surface area contributed by atoms with Crippen LogP contribution < -0.4 is 0 Å². The number of allylic oxidation sites excluding steroid dienone is 12. The Kier molecular flexibility index (Phi) is 15.9. The Morgan fingerprint density at radius 2 is 1.45 bits per heavy atom. The molecular weight excluding hydrogens is 799 g/mol. The molecule has 66 heavy (non-hydrogen) atoms. The first-order valence-electron chi connectivity index (χ1n) is 24.7. The SMILES string of the molecule is C=C(C1=CCCC=C1)C(=Nc1c(/C(=C/C(=C(\C)c2ccc(-c3ccc(C(C)(C)C)cc3C)c(C)c2)C2CC2CC)CCC)ccc(/C(C)=C/C(OC)=C(\C)C(C)(C)C)c1C)c1ccccc1. The Morgan fingerprint density at radius 1 is 0.788 bits per heavy atom. The van der Waals surface area contributed by atoms with Gasteiger partial charge in [-0.1, -0.05) is 178 Å². The van der Waals surface area contributed by atoms with E-state index in [9.17, 15) is 0 Å². The molecule has 2 nitrogen and oxygen atoms in total. The molecule has 1 saturated carbocycles. The van der Waals surface area contributed by atoms with Gasteiger partial charge in [0.1, 0.15) is 5.76 Å². The van der Waals surface area contributed by atoms with Gasteiger partial charge < -0.3 is 4.74 Å². The highest BCUT2D eigenvalue weighted by Gasteiger charge is 2.38. The maximum absolute atomic E-state index is 6.06. The lowest BCUT2D eigenvalue weighted by Crippen LogP contribution is -2.11. The average Bonchev–Trinajstić information content (AvgIpc) is 4.08. The summed E-state index contributed by atoms with van der Waals surface area (Å²) < 4.78 is 6.06. The second-order valence-corrected chi connectivity index (χ2v) is 21.2. The van der Waals surface area contributed by atoms with Crippen LogP contribution in [0.15, 0.2) is 149 Å². The number of nitrogens with zero attached hydrogens (tertiary/aromatic N) is 1. The molecule has 2 aliphatic carbocycles. The summed E-state index contributed by atoms with van der Waals surface area (Å²) in [7, 11) is 1.78. The quantitative estimate of drug-likeness (QED) is 0.0662. The van der Waals surface area contributed by atoms with Crippen LogP contribution in [-0.2, 0) is 10.2 Å². The van der Waals surface area contributed by atoms with E-state index in [1.54, 1.807) is 7.11 Å². The number of aryl methyl sites for hydroxylation is 2. The summed E-state index contributed by atoms with van der Waals surface area (Å²) in [5, 5.41) is 0. The van der Waals surface area contributed by atoms with Crippen LogP contribution in [0.3, 0.4) is 0 Å². The van der Waals surface area contributed by atoms with E-state index in [0.29, 0.717) is 11.8 Å². The maximum atomic E-state index is 6.06. The lowest BCUT2D eigenvalue weighted by atomic mass is 9.84. The van der Waals surface area contributed by atoms with E-state index in [0.717, 1.165) is 70.7 Å². The van der Waals surface area contributed by atoms with Crippen molar-refractivity contribution in [3.8, 4) is 11.1 Å². The lowest BCUT2D eigenvalue weighted by Gasteiger charge is -2.23. The van der Waals surface area contributed by atoms with Gasteiger partial charge in [-0.25, -0.2) is 4.99 Å². The summed E-state index contributed by atoms with van der Waals surface area (Å²) >= 11 is 0. The van der Waals surface area contributed by atoms with Crippen molar-refractivity contribution in [1.29, 1.82) is 0 Å². The largest absolute Gasteiger partial charge is 0.497 e. The molecule has 6 rings (SSSR count). The number of ether oxygens (including phenoxy) is 1. The highest BCUT2D eigenvalue weighted by Crippen LogP contribution is 2.51. The predicted molar refractivity (Wildman–Crippen MR) is 290 cm³/mol. The normalized spacial score (nSPS) is 17.9. The van der Waals surface area contributed by atoms with Gasteiger partial charge in [0.15, 0.2) is 0 Å². The van der Waals surface area contributed by atoms with E-state index in [1.165, 1.54) is 79.6 Å². The van der Waals surface area contributed by atoms with E-state index >= 15 is 0 Å². The second-order valence-electron chi connectivity index (χ2n) is 21.2. The van der Waals surface area contributed by atoms with Crippen molar-refractivity contribution in [2.45, 2.75) is 141 Å². The molecular formula is C64H79NO. The van der Waals surface area contributed by atoms with E-state index < -0.39 is 0 Å². The van der Waals surface area contributed by atoms with Gasteiger partial charge in [0.2, 0.25) is 0 Å². The summed E-state index contributed by atoms with van der Waals surface area (Å²) in [6.07, 6.45) is 18.0. The number of aliphatic imine (C=N–C) groups is 1. The third kappa shape index (κ3) is 11.4. The molecule has 0 spiro atoms. The Balaban J connectivity index is 1.59. The van der Waals surface area contributed by atoms with Crippen LogP contribution >= 0.6 is 0 Å². The molecule has 1 fully saturated rings. The zero-order valence-corrected chi connectivity index (χ0v) is 43.4. The average molecular weight is 878 g/mol. The molecule has 2 heteroatoms. The van der Waals surface area contributed by atoms with Crippen LogP contribution in [0.5, 0.6) is 0 Å². The van der Waals surface area contributed by atoms with Crippen molar-refractivity contribution in [2.75, 3.05) is 7.11 Å². The highest BCUT2D eigenvalue weighted by molar-refractivity contribution is 6.16. The van der Waals surface area contributed by atoms with E-state index in [4.69, 9.17) is 16.3 Å². The summed E-state index contributed by atoms with van der Waals surface area (Å²) in [6.45, 7) is 36.6. The van der Waals surface area contributed by atoms with Crippen molar-refractivity contribution in [3.63, 3.8) is 0 Å². The maximum Gasteiger partial charge on any atom is 0.118 e. The minimum Gasteiger partial charge on any atom is -0.497 e. The lowest BCUT2D eigenvalue weighted by molar-refractivity contribution is 0.290. The second kappa shape index (κ2) is 21.0. The summed E-state index contributed by atoms with van der Waals surface area (Å²) in [5.74, 6) is 2.13. The Morgan fingerprint density at radius 3 is 2.02 bits per heavy atom. The van der Waals surface area contributed by atoms with Gasteiger partial charge in [0.25, 0.3) is 0 Å². The van der Waals surface area contributed by atoms with Gasteiger partial charge in [-0.2, -0.15) is 0 Å². The van der Waals surface area contributed by atoms with Crippen molar-refractivity contribution in [3.05, 3.63) is 188 Å². The topological polar surface area (TPSA) is 21.6 Å². The summed E-state index contributed by atoms with van der Waals surface area (Å²) in [5.41, 5.74) is 23.2. The van der Waals surface area contributed by atoms with Crippen LogP contribution in [0.2, 0.25) is 0 Å². The molecule has 2 atom stereocenters. The fraction of sp³-hybridized carbons (Fsp3) is 0.391. The van der Waals surface area contributed by atoms with Crippen LogP contribution in [-0.4, -0.2) is 12.8 Å². The molecule has 2 aliphatic rings. The van der Waals surface area contributed by atoms with Crippen LogP contribution in [0.25, 0.3) is 27.8 Å². The first kappa shape index (κ1) is 50.0. The number of rotatable bonds is 15. The van der Waals surface area contributed by atoms with Crippen molar-refractivity contribution >= 4 is 28.1 Å². The fourth-order valence-corrected chi connectivity index (χ4v) is 9.60. The molecule has 0 radical (unpaired) electrons. The Labute approximate surface area is 400 Å². The Hall–Kier alpha value is -5.47. The monoisotopic (exact) mass is 878 g/mol. The molecule has 0 aromatic heterocycles. The molecule has 0 heterocycles. The first-order valence-corrected chi connectivity index (χ1v) is 24.7. The Bertz CT molecular complexity index is 2670. The van der Waals surface area contributed by atoms with Gasteiger partial charge in [0, 0.05) is 16.7 Å². The van der Waals surface area contributed by atoms with Gasteiger partial charge >= 0.3 is 0 Å². The molecule has 4 aromatic rings. The number of hydrogen-bond donors (Lipinski definition) is 0. The zero-order valence-electron chi connectivity index (χ0n) is 43.4. The molecule has 0 amide bonds. The van der Waals surface area contributed by atoms with Crippen LogP contribution in [0, 0.1) is 38.0 Å². The molecule has 0 saturated heterocycles. The zero-order chi connectivity index (χ0) is 48.1. The van der Waals surface area contributed by atoms with Gasteiger partial charge in [-0.3, -0.25) is 0 Å². The van der Waals surface area contributed by atoms with E-state index in [-0.39, 0.29) is 10.8 Å². The highest BCUT2D eigenvalue weighted by atomic mass is 16.5. The van der Waals surface area contributed by atoms with E-state index in [1.807, 2.05) is 0 Å². The first-order chi connectivity index (χ1) is 31.3. The number of methoxy groups -OCH3 is 1. The smallest absolute Gasteiger partial charge is 0.118 e. The minimum absolute atomic E-state index is 0.0244. The summed E-state index contributed by atoms with van der Waals surface area (Å²) in [4.78, 5) is 5.82. The van der Waals surface area contributed by atoms with Crippen molar-refractivity contribution < 1.29 is 4.74 Å². The van der Waals surface area contributed by atoms with Crippen LogP contribution in [0.4, 0.5) is 5.69 Å². The summed E-state index contributed by atoms with van der Waals surface area (Å²) in [6, 6.07) is 29.5. The molecule has 4 aromatic carbocycles. The third-order valence-corrected chi connectivity index (χ3v) is 14.3. The molecule has 0 bridgehead atoms. The molecule has 0 aliphatic heterocycles. The van der Waals surface area contributed by atoms with E-state index in [2.05, 4.69) is 206 Å². The van der Waals surface area contributed by atoms with Gasteiger partial charge in [0.05, 0.1) is 18.5 Å².